The Hall–Kier alpha value is -1.02. The van der Waals surface area contributed by atoms with E-state index in [-0.39, 0.29) is 12.2 Å². The quantitative estimate of drug-likeness (QED) is 0.820. The molecule has 1 atom stereocenters. The standard InChI is InChI=1S/C13H18O2/c1-9(2)15-12-6-4-3-5-11(12)13(14)10-7-8-10/h3-6,9-10,13-14H,7-8H2,1-2H3. The van der Waals surface area contributed by atoms with E-state index in [2.05, 4.69) is 0 Å². The summed E-state index contributed by atoms with van der Waals surface area (Å²) >= 11 is 0. The van der Waals surface area contributed by atoms with Crippen molar-refractivity contribution in [2.75, 3.05) is 0 Å². The number of aliphatic hydroxyl groups excluding tert-OH is 1. The molecule has 0 heterocycles. The summed E-state index contributed by atoms with van der Waals surface area (Å²) < 4.78 is 5.68. The smallest absolute Gasteiger partial charge is 0.125 e. The van der Waals surface area contributed by atoms with Crippen LogP contribution in [-0.4, -0.2) is 11.2 Å². The molecule has 0 aliphatic heterocycles. The van der Waals surface area contributed by atoms with Gasteiger partial charge < -0.3 is 9.84 Å². The third kappa shape index (κ3) is 2.51. The molecule has 0 radical (unpaired) electrons. The highest BCUT2D eigenvalue weighted by molar-refractivity contribution is 5.36. The minimum Gasteiger partial charge on any atom is -0.491 e. The molecule has 1 aliphatic carbocycles. The van der Waals surface area contributed by atoms with E-state index in [0.29, 0.717) is 5.92 Å². The second kappa shape index (κ2) is 4.23. The van der Waals surface area contributed by atoms with Crippen molar-refractivity contribution in [2.24, 2.45) is 5.92 Å². The van der Waals surface area contributed by atoms with Crippen LogP contribution in [0.1, 0.15) is 38.4 Å². The molecule has 2 heteroatoms. The van der Waals surface area contributed by atoms with Gasteiger partial charge in [0.2, 0.25) is 0 Å². The maximum Gasteiger partial charge on any atom is 0.125 e. The number of rotatable bonds is 4. The van der Waals surface area contributed by atoms with E-state index in [1.165, 1.54) is 0 Å². The number of hydrogen-bond acceptors (Lipinski definition) is 2. The first kappa shape index (κ1) is 10.5. The number of ether oxygens (including phenoxy) is 1. The van der Waals surface area contributed by atoms with Crippen LogP contribution in [0, 0.1) is 5.92 Å². The monoisotopic (exact) mass is 206 g/mol. The third-order valence-corrected chi connectivity index (χ3v) is 2.67. The molecule has 1 saturated carbocycles. The molecule has 0 amide bonds. The maximum absolute atomic E-state index is 10.1. The van der Waals surface area contributed by atoms with Gasteiger partial charge in [-0.2, -0.15) is 0 Å². The Balaban J connectivity index is 2.20. The first-order chi connectivity index (χ1) is 7.18. The Morgan fingerprint density at radius 1 is 1.27 bits per heavy atom. The van der Waals surface area contributed by atoms with Crippen molar-refractivity contribution in [1.29, 1.82) is 0 Å². The normalized spacial score (nSPS) is 17.9. The van der Waals surface area contributed by atoms with Gasteiger partial charge in [0.25, 0.3) is 0 Å². The summed E-state index contributed by atoms with van der Waals surface area (Å²) in [5, 5.41) is 10.1. The van der Waals surface area contributed by atoms with Crippen molar-refractivity contribution in [3.05, 3.63) is 29.8 Å². The van der Waals surface area contributed by atoms with Gasteiger partial charge in [0.05, 0.1) is 12.2 Å². The van der Waals surface area contributed by atoms with Gasteiger partial charge in [0.15, 0.2) is 0 Å². The average molecular weight is 206 g/mol. The summed E-state index contributed by atoms with van der Waals surface area (Å²) in [6.45, 7) is 4.00. The zero-order valence-corrected chi connectivity index (χ0v) is 9.31. The van der Waals surface area contributed by atoms with E-state index in [0.717, 1.165) is 24.2 Å². The van der Waals surface area contributed by atoms with Crippen LogP contribution in [0.3, 0.4) is 0 Å². The molecule has 82 valence electrons. The highest BCUT2D eigenvalue weighted by Gasteiger charge is 2.32. The Labute approximate surface area is 90.9 Å². The van der Waals surface area contributed by atoms with Crippen molar-refractivity contribution >= 4 is 0 Å². The van der Waals surface area contributed by atoms with E-state index in [9.17, 15) is 5.11 Å². The lowest BCUT2D eigenvalue weighted by Crippen LogP contribution is -2.10. The fourth-order valence-electron chi connectivity index (χ4n) is 1.75. The Morgan fingerprint density at radius 2 is 1.93 bits per heavy atom. The molecule has 2 nitrogen and oxygen atoms in total. The second-order valence-corrected chi connectivity index (χ2v) is 4.49. The van der Waals surface area contributed by atoms with Crippen molar-refractivity contribution in [3.8, 4) is 5.75 Å². The van der Waals surface area contributed by atoms with Crippen molar-refractivity contribution < 1.29 is 9.84 Å². The highest BCUT2D eigenvalue weighted by Crippen LogP contribution is 2.43. The molecule has 0 aromatic heterocycles. The summed E-state index contributed by atoms with van der Waals surface area (Å²) in [6.07, 6.45) is 2.08. The van der Waals surface area contributed by atoms with Crippen LogP contribution in [0.25, 0.3) is 0 Å². The molecular weight excluding hydrogens is 188 g/mol. The molecule has 0 bridgehead atoms. The van der Waals surface area contributed by atoms with Crippen LogP contribution in [0.2, 0.25) is 0 Å². The van der Waals surface area contributed by atoms with Crippen LogP contribution in [-0.2, 0) is 0 Å². The minimum absolute atomic E-state index is 0.151. The molecule has 0 spiro atoms. The largest absolute Gasteiger partial charge is 0.491 e. The second-order valence-electron chi connectivity index (χ2n) is 4.49. The predicted molar refractivity (Wildman–Crippen MR) is 59.9 cm³/mol. The first-order valence-electron chi connectivity index (χ1n) is 5.62. The van der Waals surface area contributed by atoms with Gasteiger partial charge in [-0.25, -0.2) is 0 Å². The van der Waals surface area contributed by atoms with Crippen LogP contribution in [0.15, 0.2) is 24.3 Å². The van der Waals surface area contributed by atoms with Gasteiger partial charge in [-0.05, 0) is 38.7 Å². The SMILES string of the molecule is CC(C)Oc1ccccc1C(O)C1CC1. The van der Waals surface area contributed by atoms with Crippen LogP contribution in [0.5, 0.6) is 5.75 Å². The topological polar surface area (TPSA) is 29.5 Å². The van der Waals surface area contributed by atoms with E-state index in [1.807, 2.05) is 38.1 Å². The van der Waals surface area contributed by atoms with Gasteiger partial charge >= 0.3 is 0 Å². The predicted octanol–water partition coefficient (Wildman–Crippen LogP) is 2.92. The van der Waals surface area contributed by atoms with E-state index >= 15 is 0 Å². The summed E-state index contributed by atoms with van der Waals surface area (Å²) in [6, 6.07) is 7.79. The number of benzene rings is 1. The summed E-state index contributed by atoms with van der Waals surface area (Å²) in [7, 11) is 0. The van der Waals surface area contributed by atoms with Gasteiger partial charge in [0, 0.05) is 5.56 Å². The molecule has 1 aromatic rings. The van der Waals surface area contributed by atoms with Gasteiger partial charge in [0.1, 0.15) is 5.75 Å². The van der Waals surface area contributed by atoms with Gasteiger partial charge in [-0.15, -0.1) is 0 Å². The third-order valence-electron chi connectivity index (χ3n) is 2.67. The Morgan fingerprint density at radius 3 is 2.53 bits per heavy atom. The zero-order chi connectivity index (χ0) is 10.8. The maximum atomic E-state index is 10.1. The van der Waals surface area contributed by atoms with E-state index in [1.54, 1.807) is 0 Å². The van der Waals surface area contributed by atoms with E-state index < -0.39 is 0 Å². The fourth-order valence-corrected chi connectivity index (χ4v) is 1.75. The minimum atomic E-state index is -0.347. The lowest BCUT2D eigenvalue weighted by Gasteiger charge is -2.17. The summed E-state index contributed by atoms with van der Waals surface area (Å²) in [5.74, 6) is 1.27. The highest BCUT2D eigenvalue weighted by atomic mass is 16.5. The fraction of sp³-hybridized carbons (Fsp3) is 0.538. The molecule has 0 saturated heterocycles. The molecule has 1 aliphatic rings. The van der Waals surface area contributed by atoms with Gasteiger partial charge in [-0.1, -0.05) is 18.2 Å². The van der Waals surface area contributed by atoms with Crippen molar-refractivity contribution in [2.45, 2.75) is 38.9 Å². The van der Waals surface area contributed by atoms with Gasteiger partial charge in [-0.3, -0.25) is 0 Å². The van der Waals surface area contributed by atoms with Crippen molar-refractivity contribution in [3.63, 3.8) is 0 Å². The molecular formula is C13H18O2. The Kier molecular flexibility index (Phi) is 2.96. The van der Waals surface area contributed by atoms with Crippen LogP contribution < -0.4 is 4.74 Å². The molecule has 1 fully saturated rings. The van der Waals surface area contributed by atoms with E-state index in [4.69, 9.17) is 4.74 Å². The lowest BCUT2D eigenvalue weighted by atomic mass is 10.0. The molecule has 1 N–H and O–H groups in total. The zero-order valence-electron chi connectivity index (χ0n) is 9.31. The number of para-hydroxylation sites is 1. The van der Waals surface area contributed by atoms with Crippen LogP contribution in [0.4, 0.5) is 0 Å². The number of hydrogen-bond donors (Lipinski definition) is 1. The van der Waals surface area contributed by atoms with Crippen LogP contribution >= 0.6 is 0 Å². The molecule has 1 aromatic carbocycles. The van der Waals surface area contributed by atoms with Crippen molar-refractivity contribution in [1.82, 2.24) is 0 Å². The lowest BCUT2D eigenvalue weighted by molar-refractivity contribution is 0.144. The average Bonchev–Trinajstić information content (AvgIpc) is 3.00. The first-order valence-corrected chi connectivity index (χ1v) is 5.62. The molecule has 15 heavy (non-hydrogen) atoms. The summed E-state index contributed by atoms with van der Waals surface area (Å²) in [5.41, 5.74) is 0.939. The number of aliphatic hydroxyl groups is 1. The molecule has 1 unspecified atom stereocenters. The molecule has 2 rings (SSSR count). The summed E-state index contributed by atoms with van der Waals surface area (Å²) in [4.78, 5) is 0. The Bertz CT molecular complexity index is 329.